The number of benzene rings is 1. The highest BCUT2D eigenvalue weighted by molar-refractivity contribution is 5.75. The summed E-state index contributed by atoms with van der Waals surface area (Å²) in [4.78, 5) is 0. The van der Waals surface area contributed by atoms with Crippen LogP contribution in [0.4, 0.5) is 5.69 Å². The van der Waals surface area contributed by atoms with E-state index in [1.165, 1.54) is 5.56 Å². The number of hydrogen-bond acceptors (Lipinski definition) is 1. The number of anilines is 1. The summed E-state index contributed by atoms with van der Waals surface area (Å²) in [6.45, 7) is 8.03. The molecule has 0 aliphatic rings. The van der Waals surface area contributed by atoms with Crippen molar-refractivity contribution >= 4 is 11.3 Å². The van der Waals surface area contributed by atoms with Crippen molar-refractivity contribution in [3.63, 3.8) is 0 Å². The van der Waals surface area contributed by atoms with E-state index in [0.717, 1.165) is 23.2 Å². The van der Waals surface area contributed by atoms with Crippen LogP contribution in [0.15, 0.2) is 24.8 Å². The summed E-state index contributed by atoms with van der Waals surface area (Å²) >= 11 is 0. The Morgan fingerprint density at radius 1 is 1.50 bits per heavy atom. The standard InChI is InChI=1S/C11H15N/c1-4-9-6-5-7-10(12)11(9)8(2)3/h5-7H,2,4,12H2,1,3H3. The molecule has 1 heteroatoms. The van der Waals surface area contributed by atoms with Crippen molar-refractivity contribution in [3.05, 3.63) is 35.9 Å². The minimum atomic E-state index is 0.835. The summed E-state index contributed by atoms with van der Waals surface area (Å²) < 4.78 is 0. The van der Waals surface area contributed by atoms with Crippen LogP contribution in [0.25, 0.3) is 5.57 Å². The van der Waals surface area contributed by atoms with E-state index in [1.807, 2.05) is 19.1 Å². The molecule has 0 radical (unpaired) electrons. The molecule has 0 saturated carbocycles. The third-order valence-corrected chi connectivity index (χ3v) is 1.99. The first-order valence-corrected chi connectivity index (χ1v) is 4.20. The quantitative estimate of drug-likeness (QED) is 0.663. The summed E-state index contributed by atoms with van der Waals surface area (Å²) in [5.41, 5.74) is 10.1. The van der Waals surface area contributed by atoms with Crippen LogP contribution in [0, 0.1) is 0 Å². The number of rotatable bonds is 2. The average Bonchev–Trinajstić information content (AvgIpc) is 2.03. The van der Waals surface area contributed by atoms with Crippen molar-refractivity contribution in [2.75, 3.05) is 5.73 Å². The maximum absolute atomic E-state index is 5.84. The SMILES string of the molecule is C=C(C)c1c(N)cccc1CC. The molecule has 0 aromatic heterocycles. The van der Waals surface area contributed by atoms with Gasteiger partial charge in [-0.25, -0.2) is 0 Å². The summed E-state index contributed by atoms with van der Waals surface area (Å²) in [7, 11) is 0. The van der Waals surface area contributed by atoms with Gasteiger partial charge >= 0.3 is 0 Å². The molecule has 1 nitrogen and oxygen atoms in total. The van der Waals surface area contributed by atoms with E-state index >= 15 is 0 Å². The second-order valence-corrected chi connectivity index (χ2v) is 3.02. The zero-order valence-electron chi connectivity index (χ0n) is 7.72. The fraction of sp³-hybridized carbons (Fsp3) is 0.273. The number of allylic oxidation sites excluding steroid dienone is 1. The van der Waals surface area contributed by atoms with Crippen molar-refractivity contribution < 1.29 is 0 Å². The van der Waals surface area contributed by atoms with Crippen LogP contribution in [0.1, 0.15) is 25.0 Å². The second-order valence-electron chi connectivity index (χ2n) is 3.02. The molecular formula is C11H15N. The second kappa shape index (κ2) is 3.44. The minimum absolute atomic E-state index is 0.835. The molecule has 64 valence electrons. The lowest BCUT2D eigenvalue weighted by atomic mass is 9.98. The van der Waals surface area contributed by atoms with Crippen LogP contribution in [-0.2, 0) is 6.42 Å². The first-order chi connectivity index (χ1) is 5.66. The van der Waals surface area contributed by atoms with Crippen LogP contribution in [0.3, 0.4) is 0 Å². The number of nitrogens with two attached hydrogens (primary N) is 1. The highest BCUT2D eigenvalue weighted by Gasteiger charge is 2.03. The van der Waals surface area contributed by atoms with Gasteiger partial charge in [0.2, 0.25) is 0 Å². The molecule has 0 aliphatic heterocycles. The molecule has 0 fully saturated rings. The van der Waals surface area contributed by atoms with Crippen molar-refractivity contribution in [2.24, 2.45) is 0 Å². The van der Waals surface area contributed by atoms with Gasteiger partial charge in [-0.15, -0.1) is 0 Å². The van der Waals surface area contributed by atoms with Crippen LogP contribution in [0.2, 0.25) is 0 Å². The Labute approximate surface area is 73.9 Å². The minimum Gasteiger partial charge on any atom is -0.398 e. The molecule has 0 aliphatic carbocycles. The molecule has 2 N–H and O–H groups in total. The molecule has 1 aromatic carbocycles. The Hall–Kier alpha value is -1.24. The van der Waals surface area contributed by atoms with Gasteiger partial charge in [0.05, 0.1) is 0 Å². The Bertz CT molecular complexity index is 300. The first-order valence-electron chi connectivity index (χ1n) is 4.20. The van der Waals surface area contributed by atoms with E-state index in [4.69, 9.17) is 5.73 Å². The molecule has 12 heavy (non-hydrogen) atoms. The molecule has 0 heterocycles. The summed E-state index contributed by atoms with van der Waals surface area (Å²) in [5.74, 6) is 0. The van der Waals surface area contributed by atoms with Gasteiger partial charge in [0, 0.05) is 11.3 Å². The fourth-order valence-electron chi connectivity index (χ4n) is 1.44. The number of hydrogen-bond donors (Lipinski definition) is 1. The third-order valence-electron chi connectivity index (χ3n) is 1.99. The molecule has 1 aromatic rings. The Morgan fingerprint density at radius 2 is 2.17 bits per heavy atom. The predicted molar refractivity (Wildman–Crippen MR) is 54.9 cm³/mol. The maximum Gasteiger partial charge on any atom is 0.0392 e. The van der Waals surface area contributed by atoms with Gasteiger partial charge in [-0.05, 0) is 30.5 Å². The molecule has 0 atom stereocenters. The highest BCUT2D eigenvalue weighted by Crippen LogP contribution is 2.24. The molecule has 0 unspecified atom stereocenters. The summed E-state index contributed by atoms with van der Waals surface area (Å²) in [5, 5.41) is 0. The van der Waals surface area contributed by atoms with Crippen LogP contribution in [-0.4, -0.2) is 0 Å². The molecule has 0 amide bonds. The largest absolute Gasteiger partial charge is 0.398 e. The Morgan fingerprint density at radius 3 is 2.58 bits per heavy atom. The Kier molecular flexibility index (Phi) is 2.54. The van der Waals surface area contributed by atoms with Gasteiger partial charge < -0.3 is 5.73 Å². The van der Waals surface area contributed by atoms with Gasteiger partial charge in [-0.2, -0.15) is 0 Å². The van der Waals surface area contributed by atoms with Crippen LogP contribution >= 0.6 is 0 Å². The smallest absolute Gasteiger partial charge is 0.0392 e. The number of aryl methyl sites for hydroxylation is 1. The lowest BCUT2D eigenvalue weighted by Gasteiger charge is -2.09. The highest BCUT2D eigenvalue weighted by atomic mass is 14.6. The van der Waals surface area contributed by atoms with Gasteiger partial charge in [0.25, 0.3) is 0 Å². The zero-order chi connectivity index (χ0) is 9.14. The topological polar surface area (TPSA) is 26.0 Å². The summed E-state index contributed by atoms with van der Waals surface area (Å²) in [6, 6.07) is 6.00. The van der Waals surface area contributed by atoms with E-state index in [2.05, 4.69) is 19.6 Å². The number of nitrogen functional groups attached to an aromatic ring is 1. The maximum atomic E-state index is 5.84. The van der Waals surface area contributed by atoms with E-state index < -0.39 is 0 Å². The van der Waals surface area contributed by atoms with Crippen LogP contribution < -0.4 is 5.73 Å². The monoisotopic (exact) mass is 161 g/mol. The van der Waals surface area contributed by atoms with Crippen molar-refractivity contribution in [2.45, 2.75) is 20.3 Å². The normalized spacial score (nSPS) is 9.83. The van der Waals surface area contributed by atoms with E-state index in [0.29, 0.717) is 0 Å². The summed E-state index contributed by atoms with van der Waals surface area (Å²) in [6.07, 6.45) is 1.01. The van der Waals surface area contributed by atoms with Gasteiger partial charge in [0.1, 0.15) is 0 Å². The van der Waals surface area contributed by atoms with Gasteiger partial charge in [-0.1, -0.05) is 25.6 Å². The van der Waals surface area contributed by atoms with Crippen molar-refractivity contribution in [1.82, 2.24) is 0 Å². The predicted octanol–water partition coefficient (Wildman–Crippen LogP) is 2.86. The molecule has 0 spiro atoms. The molecule has 1 rings (SSSR count). The lowest BCUT2D eigenvalue weighted by molar-refractivity contribution is 1.13. The van der Waals surface area contributed by atoms with Gasteiger partial charge in [0.15, 0.2) is 0 Å². The van der Waals surface area contributed by atoms with Crippen LogP contribution in [0.5, 0.6) is 0 Å². The molecule has 0 bridgehead atoms. The molecular weight excluding hydrogens is 146 g/mol. The Balaban J connectivity index is 3.29. The molecule has 0 saturated heterocycles. The average molecular weight is 161 g/mol. The van der Waals surface area contributed by atoms with E-state index in [1.54, 1.807) is 0 Å². The van der Waals surface area contributed by atoms with Gasteiger partial charge in [-0.3, -0.25) is 0 Å². The van der Waals surface area contributed by atoms with Crippen molar-refractivity contribution in [3.8, 4) is 0 Å². The van der Waals surface area contributed by atoms with E-state index in [-0.39, 0.29) is 0 Å². The first kappa shape index (κ1) is 8.85. The fourth-order valence-corrected chi connectivity index (χ4v) is 1.44. The van der Waals surface area contributed by atoms with E-state index in [9.17, 15) is 0 Å². The zero-order valence-corrected chi connectivity index (χ0v) is 7.72. The third kappa shape index (κ3) is 1.50. The van der Waals surface area contributed by atoms with Crippen molar-refractivity contribution in [1.29, 1.82) is 0 Å². The lowest BCUT2D eigenvalue weighted by Crippen LogP contribution is -1.96.